The maximum Gasteiger partial charge on any atom is 0.248 e. The van der Waals surface area contributed by atoms with E-state index >= 15 is 0 Å². The molecule has 1 atom stereocenters. The number of thiazole rings is 1. The second kappa shape index (κ2) is 12.7. The van der Waals surface area contributed by atoms with Crippen LogP contribution in [-0.4, -0.2) is 78.0 Å². The number of nitrogens with zero attached hydrogens (tertiary/aromatic N) is 5. The Bertz CT molecular complexity index is 1200. The first-order valence-corrected chi connectivity index (χ1v) is 13.2. The van der Waals surface area contributed by atoms with E-state index in [2.05, 4.69) is 58.3 Å². The summed E-state index contributed by atoms with van der Waals surface area (Å²) < 4.78 is 6.09. The van der Waals surface area contributed by atoms with Crippen molar-refractivity contribution in [2.75, 3.05) is 51.8 Å². The van der Waals surface area contributed by atoms with Crippen LogP contribution in [0.5, 0.6) is 0 Å². The molecule has 9 heteroatoms. The van der Waals surface area contributed by atoms with Gasteiger partial charge in [-0.15, -0.1) is 0 Å². The van der Waals surface area contributed by atoms with E-state index in [0.717, 1.165) is 71.5 Å². The van der Waals surface area contributed by atoms with Crippen molar-refractivity contribution in [2.45, 2.75) is 20.3 Å². The van der Waals surface area contributed by atoms with Gasteiger partial charge in [-0.3, -0.25) is 14.7 Å². The predicted molar refractivity (Wildman–Crippen MR) is 147 cm³/mol. The number of amidine groups is 1. The molecule has 1 aliphatic heterocycles. The van der Waals surface area contributed by atoms with Gasteiger partial charge in [0.05, 0.1) is 10.2 Å². The Morgan fingerprint density at radius 3 is 2.69 bits per heavy atom. The quantitative estimate of drug-likeness (QED) is 0.339. The van der Waals surface area contributed by atoms with Gasteiger partial charge in [0.25, 0.3) is 0 Å². The Kier molecular flexibility index (Phi) is 9.16. The van der Waals surface area contributed by atoms with Crippen molar-refractivity contribution in [3.8, 4) is 11.1 Å². The van der Waals surface area contributed by atoms with Crippen LogP contribution in [0.15, 0.2) is 60.0 Å². The van der Waals surface area contributed by atoms with Crippen LogP contribution in [0, 0.1) is 5.92 Å². The molecule has 0 spiro atoms. The van der Waals surface area contributed by atoms with Crippen molar-refractivity contribution in [3.63, 3.8) is 0 Å². The van der Waals surface area contributed by atoms with E-state index in [4.69, 9.17) is 9.72 Å². The molecule has 4 rings (SSSR count). The topological polar surface area (TPSA) is 83.0 Å². The van der Waals surface area contributed by atoms with E-state index in [0.29, 0.717) is 5.92 Å². The molecule has 8 nitrogen and oxygen atoms in total. The summed E-state index contributed by atoms with van der Waals surface area (Å²) in [4.78, 5) is 29.7. The molecular weight excluding hydrogens is 472 g/mol. The fourth-order valence-corrected chi connectivity index (χ4v) is 5.11. The number of aliphatic imine (C=N–C) groups is 1. The molecule has 1 unspecified atom stereocenters. The summed E-state index contributed by atoms with van der Waals surface area (Å²) in [7, 11) is 1.56. The minimum Gasteiger partial charge on any atom is -0.375 e. The van der Waals surface area contributed by atoms with Crippen LogP contribution in [0.1, 0.15) is 20.3 Å². The lowest BCUT2D eigenvalue weighted by molar-refractivity contribution is -0.136. The molecule has 0 aliphatic carbocycles. The molecule has 2 aromatic heterocycles. The number of fused-ring (bicyclic) bond motifs is 1. The van der Waals surface area contributed by atoms with Crippen molar-refractivity contribution in [3.05, 3.63) is 55.0 Å². The number of piperazine rings is 1. The average Bonchev–Trinajstić information content (AvgIpc) is 3.30. The van der Waals surface area contributed by atoms with Gasteiger partial charge in [-0.2, -0.15) is 0 Å². The molecular formula is C27H34N6O2S. The average molecular weight is 507 g/mol. The maximum atomic E-state index is 12.0. The number of carbonyl (C=O) groups is 1. The first kappa shape index (κ1) is 25.9. The molecule has 0 saturated carbocycles. The Morgan fingerprint density at radius 1 is 1.19 bits per heavy atom. The fourth-order valence-electron chi connectivity index (χ4n) is 4.18. The number of anilines is 1. The lowest BCUT2D eigenvalue weighted by Crippen LogP contribution is -2.50. The largest absolute Gasteiger partial charge is 0.375 e. The normalized spacial score (nSPS) is 16.1. The third-order valence-electron chi connectivity index (χ3n) is 6.17. The van der Waals surface area contributed by atoms with Crippen LogP contribution in [0.25, 0.3) is 21.3 Å². The van der Waals surface area contributed by atoms with Crippen LogP contribution in [0.2, 0.25) is 0 Å². The molecule has 1 aliphatic rings. The number of hydrogen-bond donors (Lipinski definition) is 1. The first-order valence-electron chi connectivity index (χ1n) is 12.4. The van der Waals surface area contributed by atoms with Gasteiger partial charge in [-0.25, -0.2) is 9.98 Å². The predicted octanol–water partition coefficient (Wildman–Crippen LogP) is 4.52. The van der Waals surface area contributed by atoms with E-state index in [1.54, 1.807) is 18.4 Å². The van der Waals surface area contributed by atoms with Crippen molar-refractivity contribution in [2.24, 2.45) is 10.9 Å². The van der Waals surface area contributed by atoms with E-state index in [1.165, 1.54) is 0 Å². The number of carbonyl (C=O) groups excluding carboxylic acids is 1. The Hall–Kier alpha value is -3.14. The summed E-state index contributed by atoms with van der Waals surface area (Å²) in [5, 5.41) is 4.24. The molecule has 36 heavy (non-hydrogen) atoms. The number of hydrogen-bond acceptors (Lipinski definition) is 7. The van der Waals surface area contributed by atoms with Gasteiger partial charge in [0, 0.05) is 64.8 Å². The molecule has 3 heterocycles. The van der Waals surface area contributed by atoms with Gasteiger partial charge in [-0.05, 0) is 41.3 Å². The SMILES string of the molecule is CCC(=N/C=C\C(C)CN1CCN(C(=O)COC)CC1)Nc1nc2ccc(-c3ccncc3)cc2s1. The highest BCUT2D eigenvalue weighted by molar-refractivity contribution is 7.22. The fraction of sp³-hybridized carbons (Fsp3) is 0.407. The zero-order chi connectivity index (χ0) is 25.3. The Morgan fingerprint density at radius 2 is 1.97 bits per heavy atom. The zero-order valence-corrected chi connectivity index (χ0v) is 22.0. The number of rotatable bonds is 9. The van der Waals surface area contributed by atoms with E-state index in [1.807, 2.05) is 35.6 Å². The van der Waals surface area contributed by atoms with Crippen LogP contribution in [0.3, 0.4) is 0 Å². The van der Waals surface area contributed by atoms with Crippen molar-refractivity contribution in [1.29, 1.82) is 0 Å². The number of pyridine rings is 1. The highest BCUT2D eigenvalue weighted by atomic mass is 32.1. The number of amides is 1. The third kappa shape index (κ3) is 6.96. The first-order chi connectivity index (χ1) is 17.6. The number of nitrogens with one attached hydrogen (secondary N) is 1. The second-order valence-electron chi connectivity index (χ2n) is 8.92. The van der Waals surface area contributed by atoms with Gasteiger partial charge >= 0.3 is 0 Å². The molecule has 3 aromatic rings. The van der Waals surface area contributed by atoms with Crippen LogP contribution in [-0.2, 0) is 9.53 Å². The Balaban J connectivity index is 1.31. The molecule has 1 saturated heterocycles. The summed E-state index contributed by atoms with van der Waals surface area (Å²) in [5.41, 5.74) is 3.28. The molecule has 1 aromatic carbocycles. The van der Waals surface area contributed by atoms with Crippen LogP contribution in [0.4, 0.5) is 5.13 Å². The van der Waals surface area contributed by atoms with Crippen LogP contribution >= 0.6 is 11.3 Å². The lowest BCUT2D eigenvalue weighted by atomic mass is 10.1. The van der Waals surface area contributed by atoms with Crippen LogP contribution < -0.4 is 5.32 Å². The summed E-state index contributed by atoms with van der Waals surface area (Å²) in [6, 6.07) is 10.4. The molecule has 0 radical (unpaired) electrons. The molecule has 1 N–H and O–H groups in total. The summed E-state index contributed by atoms with van der Waals surface area (Å²) in [5.74, 6) is 1.32. The number of methoxy groups -OCH3 is 1. The van der Waals surface area contributed by atoms with Crippen molar-refractivity contribution >= 4 is 38.4 Å². The summed E-state index contributed by atoms with van der Waals surface area (Å²) in [6.07, 6.45) is 8.44. The molecule has 0 bridgehead atoms. The highest BCUT2D eigenvalue weighted by Gasteiger charge is 2.21. The minimum absolute atomic E-state index is 0.0707. The molecule has 1 fully saturated rings. The summed E-state index contributed by atoms with van der Waals surface area (Å²) >= 11 is 1.63. The van der Waals surface area contributed by atoms with Gasteiger partial charge in [0.1, 0.15) is 12.4 Å². The standard InChI is InChI=1S/C27H34N6O2S/c1-4-25(29-12-7-20(2)18-32-13-15-33(16-14-32)26(34)19-35-3)31-27-30-23-6-5-22(17-24(23)36-27)21-8-10-28-11-9-21/h5-12,17,20H,4,13-16,18-19H2,1-3H3,(H,29,30,31)/b12-7-. The zero-order valence-electron chi connectivity index (χ0n) is 21.2. The van der Waals surface area contributed by atoms with Crippen molar-refractivity contribution in [1.82, 2.24) is 19.8 Å². The van der Waals surface area contributed by atoms with Gasteiger partial charge in [-0.1, -0.05) is 37.3 Å². The summed E-state index contributed by atoms with van der Waals surface area (Å²) in [6.45, 7) is 8.68. The number of benzene rings is 1. The Labute approximate surface area is 216 Å². The third-order valence-corrected chi connectivity index (χ3v) is 7.11. The molecule has 190 valence electrons. The van der Waals surface area contributed by atoms with Gasteiger partial charge in [0.2, 0.25) is 5.91 Å². The number of ether oxygens (including phenoxy) is 1. The van der Waals surface area contributed by atoms with Crippen molar-refractivity contribution < 1.29 is 9.53 Å². The van der Waals surface area contributed by atoms with Gasteiger partial charge in [0.15, 0.2) is 5.13 Å². The highest BCUT2D eigenvalue weighted by Crippen LogP contribution is 2.30. The monoisotopic (exact) mass is 506 g/mol. The van der Waals surface area contributed by atoms with E-state index in [-0.39, 0.29) is 12.5 Å². The minimum atomic E-state index is 0.0707. The number of aromatic nitrogens is 2. The second-order valence-corrected chi connectivity index (χ2v) is 9.96. The lowest BCUT2D eigenvalue weighted by Gasteiger charge is -2.35. The van der Waals surface area contributed by atoms with E-state index < -0.39 is 0 Å². The smallest absolute Gasteiger partial charge is 0.248 e. The van der Waals surface area contributed by atoms with Gasteiger partial charge < -0.3 is 15.0 Å². The molecule has 1 amide bonds. The maximum absolute atomic E-state index is 12.0. The van der Waals surface area contributed by atoms with E-state index in [9.17, 15) is 4.79 Å².